The van der Waals surface area contributed by atoms with Crippen LogP contribution in [0.2, 0.25) is 0 Å². The number of hydrogen-bond acceptors (Lipinski definition) is 4. The van der Waals surface area contributed by atoms with E-state index in [1.165, 1.54) is 16.1 Å². The quantitative estimate of drug-likeness (QED) is 0.461. The van der Waals surface area contributed by atoms with Crippen molar-refractivity contribution >= 4 is 49.8 Å². The Morgan fingerprint density at radius 2 is 1.55 bits per heavy atom. The van der Waals surface area contributed by atoms with Crippen LogP contribution in [0.1, 0.15) is 0 Å². The molecule has 1 aliphatic rings. The first-order valence-corrected chi connectivity index (χ1v) is 12.0. The molecule has 0 saturated heterocycles. The van der Waals surface area contributed by atoms with Crippen LogP contribution in [-0.4, -0.2) is 20.9 Å². The maximum Gasteiger partial charge on any atom is 0.265 e. The molecule has 5 rings (SSSR count). The summed E-state index contributed by atoms with van der Waals surface area (Å²) in [6, 6.07) is 28.0. The minimum absolute atomic E-state index is 0.244. The Morgan fingerprint density at radius 1 is 0.839 bits per heavy atom. The molecule has 0 saturated carbocycles. The highest BCUT2D eigenvalue weighted by Crippen LogP contribution is 2.42. The number of sulfonamides is 1. The van der Waals surface area contributed by atoms with Crippen LogP contribution in [0.25, 0.3) is 10.8 Å². The van der Waals surface area contributed by atoms with E-state index in [2.05, 4.69) is 5.32 Å². The summed E-state index contributed by atoms with van der Waals surface area (Å²) in [6.45, 7) is -0.291. The SMILES string of the molecule is O=C(CN1c2cccc3cccc(c23)S1(=O)=O)Nc1ccccc1Sc1ccccc1. The molecule has 31 heavy (non-hydrogen) atoms. The summed E-state index contributed by atoms with van der Waals surface area (Å²) >= 11 is 1.54. The second-order valence-electron chi connectivity index (χ2n) is 7.10. The number of para-hydroxylation sites is 1. The van der Waals surface area contributed by atoms with E-state index in [4.69, 9.17) is 0 Å². The van der Waals surface area contributed by atoms with Gasteiger partial charge in [-0.05, 0) is 41.8 Å². The summed E-state index contributed by atoms with van der Waals surface area (Å²) < 4.78 is 27.4. The van der Waals surface area contributed by atoms with E-state index in [-0.39, 0.29) is 11.4 Å². The van der Waals surface area contributed by atoms with Crippen LogP contribution in [-0.2, 0) is 14.8 Å². The van der Waals surface area contributed by atoms with E-state index in [1.807, 2.05) is 66.7 Å². The largest absolute Gasteiger partial charge is 0.323 e. The van der Waals surface area contributed by atoms with Crippen molar-refractivity contribution < 1.29 is 13.2 Å². The molecule has 0 aromatic heterocycles. The number of carbonyl (C=O) groups excluding carboxylic acids is 1. The van der Waals surface area contributed by atoms with E-state index in [9.17, 15) is 13.2 Å². The molecular formula is C24H18N2O3S2. The number of carbonyl (C=O) groups is 1. The van der Waals surface area contributed by atoms with Crippen molar-refractivity contribution in [2.24, 2.45) is 0 Å². The summed E-state index contributed by atoms with van der Waals surface area (Å²) in [5, 5.41) is 4.39. The molecule has 0 spiro atoms. The highest BCUT2D eigenvalue weighted by molar-refractivity contribution is 7.99. The number of rotatable bonds is 5. The number of amides is 1. The van der Waals surface area contributed by atoms with Gasteiger partial charge in [-0.2, -0.15) is 0 Å². The Hall–Kier alpha value is -3.29. The molecule has 0 fully saturated rings. The van der Waals surface area contributed by atoms with Gasteiger partial charge in [0.1, 0.15) is 6.54 Å². The summed E-state index contributed by atoms with van der Waals surface area (Å²) in [4.78, 5) is 15.1. The molecule has 0 bridgehead atoms. The predicted octanol–water partition coefficient (Wildman–Crippen LogP) is 5.14. The molecule has 4 aromatic rings. The fourth-order valence-corrected chi connectivity index (χ4v) is 6.31. The Labute approximate surface area is 184 Å². The van der Waals surface area contributed by atoms with Crippen molar-refractivity contribution in [3.63, 3.8) is 0 Å². The Kier molecular flexibility index (Phi) is 4.92. The van der Waals surface area contributed by atoms with Crippen LogP contribution >= 0.6 is 11.8 Å². The zero-order valence-electron chi connectivity index (χ0n) is 16.4. The van der Waals surface area contributed by atoms with E-state index >= 15 is 0 Å². The van der Waals surface area contributed by atoms with Gasteiger partial charge in [0.2, 0.25) is 5.91 Å². The molecular weight excluding hydrogens is 428 g/mol. The Morgan fingerprint density at radius 3 is 2.35 bits per heavy atom. The third-order valence-corrected chi connectivity index (χ3v) is 7.99. The van der Waals surface area contributed by atoms with Crippen LogP contribution in [0.3, 0.4) is 0 Å². The minimum Gasteiger partial charge on any atom is -0.323 e. The van der Waals surface area contributed by atoms with Gasteiger partial charge in [0, 0.05) is 15.2 Å². The Bertz CT molecular complexity index is 1400. The van der Waals surface area contributed by atoms with E-state index in [0.717, 1.165) is 15.2 Å². The molecule has 1 aliphatic heterocycles. The number of nitrogens with one attached hydrogen (secondary N) is 1. The van der Waals surface area contributed by atoms with Gasteiger partial charge in [0.25, 0.3) is 10.0 Å². The van der Waals surface area contributed by atoms with Gasteiger partial charge < -0.3 is 5.32 Å². The maximum absolute atomic E-state index is 13.1. The van der Waals surface area contributed by atoms with Crippen LogP contribution in [0, 0.1) is 0 Å². The smallest absolute Gasteiger partial charge is 0.265 e. The van der Waals surface area contributed by atoms with E-state index in [1.54, 1.807) is 24.3 Å². The number of hydrogen-bond donors (Lipinski definition) is 1. The maximum atomic E-state index is 13.1. The fourth-order valence-electron chi connectivity index (χ4n) is 3.72. The third-order valence-electron chi connectivity index (χ3n) is 5.10. The first-order chi connectivity index (χ1) is 15.0. The van der Waals surface area contributed by atoms with E-state index in [0.29, 0.717) is 16.8 Å². The number of anilines is 2. The molecule has 1 amide bonds. The summed E-state index contributed by atoms with van der Waals surface area (Å²) in [5.41, 5.74) is 1.18. The van der Waals surface area contributed by atoms with Crippen LogP contribution in [0.5, 0.6) is 0 Å². The van der Waals surface area contributed by atoms with Crippen molar-refractivity contribution in [3.05, 3.63) is 91.0 Å². The number of nitrogens with zero attached hydrogens (tertiary/aromatic N) is 1. The fraction of sp³-hybridized carbons (Fsp3) is 0.0417. The zero-order chi connectivity index (χ0) is 21.4. The molecule has 154 valence electrons. The standard InChI is InChI=1S/C24H18N2O3S2/c27-23(25-19-12-4-5-14-21(19)30-18-10-2-1-3-11-18)16-26-20-13-6-8-17-9-7-15-22(24(17)20)31(26,28)29/h1-15H,16H2,(H,25,27). The van der Waals surface area contributed by atoms with E-state index < -0.39 is 15.9 Å². The molecule has 0 radical (unpaired) electrons. The highest BCUT2D eigenvalue weighted by Gasteiger charge is 2.36. The highest BCUT2D eigenvalue weighted by atomic mass is 32.2. The average molecular weight is 447 g/mol. The minimum atomic E-state index is -3.78. The molecule has 0 aliphatic carbocycles. The summed E-state index contributed by atoms with van der Waals surface area (Å²) in [6.07, 6.45) is 0. The first kappa shape index (κ1) is 19.7. The lowest BCUT2D eigenvalue weighted by molar-refractivity contribution is -0.114. The number of benzene rings is 4. The lowest BCUT2D eigenvalue weighted by Gasteiger charge is -2.19. The van der Waals surface area contributed by atoms with Crippen LogP contribution in [0.15, 0.2) is 106 Å². The lowest BCUT2D eigenvalue weighted by atomic mass is 10.1. The van der Waals surface area contributed by atoms with Gasteiger partial charge in [0.05, 0.1) is 16.3 Å². The molecule has 5 nitrogen and oxygen atoms in total. The van der Waals surface area contributed by atoms with Gasteiger partial charge >= 0.3 is 0 Å². The molecule has 0 unspecified atom stereocenters. The van der Waals surface area contributed by atoms with Crippen LogP contribution in [0.4, 0.5) is 11.4 Å². The van der Waals surface area contributed by atoms with Crippen LogP contribution < -0.4 is 9.62 Å². The Balaban J connectivity index is 1.41. The molecule has 7 heteroatoms. The summed E-state index contributed by atoms with van der Waals surface area (Å²) in [7, 11) is -3.78. The topological polar surface area (TPSA) is 66.5 Å². The van der Waals surface area contributed by atoms with Gasteiger partial charge in [0.15, 0.2) is 0 Å². The van der Waals surface area contributed by atoms with Gasteiger partial charge in [-0.1, -0.05) is 66.4 Å². The molecule has 1 heterocycles. The zero-order valence-corrected chi connectivity index (χ0v) is 18.0. The van der Waals surface area contributed by atoms with Gasteiger partial charge in [-0.15, -0.1) is 0 Å². The third kappa shape index (κ3) is 3.56. The monoisotopic (exact) mass is 446 g/mol. The molecule has 0 atom stereocenters. The normalized spacial score (nSPS) is 14.0. The van der Waals surface area contributed by atoms with Gasteiger partial charge in [-0.3, -0.25) is 9.10 Å². The van der Waals surface area contributed by atoms with Crippen molar-refractivity contribution in [1.82, 2.24) is 0 Å². The van der Waals surface area contributed by atoms with Crippen molar-refractivity contribution in [2.75, 3.05) is 16.2 Å². The molecule has 4 aromatic carbocycles. The van der Waals surface area contributed by atoms with Crippen molar-refractivity contribution in [2.45, 2.75) is 14.7 Å². The second kappa shape index (κ2) is 7.76. The van der Waals surface area contributed by atoms with Gasteiger partial charge in [-0.25, -0.2) is 8.42 Å². The average Bonchev–Trinajstić information content (AvgIpc) is 2.99. The van der Waals surface area contributed by atoms with Crippen molar-refractivity contribution in [3.8, 4) is 0 Å². The predicted molar refractivity (Wildman–Crippen MR) is 124 cm³/mol. The second-order valence-corrected chi connectivity index (χ2v) is 10.0. The first-order valence-electron chi connectivity index (χ1n) is 9.70. The lowest BCUT2D eigenvalue weighted by Crippen LogP contribution is -2.35. The summed E-state index contributed by atoms with van der Waals surface area (Å²) in [5.74, 6) is -0.394. The van der Waals surface area contributed by atoms with Crippen molar-refractivity contribution in [1.29, 1.82) is 0 Å². The molecule has 1 N–H and O–H groups in total.